The molecular weight excluding hydrogens is 424 g/mol. The van der Waals surface area contributed by atoms with Crippen molar-refractivity contribution in [1.82, 2.24) is 19.4 Å². The van der Waals surface area contributed by atoms with Gasteiger partial charge in [-0.2, -0.15) is 0 Å². The minimum absolute atomic E-state index is 0.00536. The highest BCUT2D eigenvalue weighted by molar-refractivity contribution is 8.03. The van der Waals surface area contributed by atoms with Gasteiger partial charge in [0.1, 0.15) is 4.90 Å². The first kappa shape index (κ1) is 20.6. The maximum atomic E-state index is 12.5. The van der Waals surface area contributed by atoms with Crippen LogP contribution < -0.4 is 0 Å². The van der Waals surface area contributed by atoms with E-state index in [1.807, 2.05) is 0 Å². The predicted octanol–water partition coefficient (Wildman–Crippen LogP) is 2.87. The lowest BCUT2D eigenvalue weighted by atomic mass is 10.2. The summed E-state index contributed by atoms with van der Waals surface area (Å²) in [6.45, 7) is 7.31. The van der Waals surface area contributed by atoms with E-state index in [0.29, 0.717) is 4.34 Å². The lowest BCUT2D eigenvalue weighted by molar-refractivity contribution is 0.0887. The molecular formula is C16H20N4O3S4. The molecule has 0 N–H and O–H groups in total. The zero-order valence-electron chi connectivity index (χ0n) is 15.0. The summed E-state index contributed by atoms with van der Waals surface area (Å²) in [5.41, 5.74) is 0.225. The average molecular weight is 445 g/mol. The lowest BCUT2D eigenvalue weighted by Crippen LogP contribution is -2.29. The number of sulfonamides is 1. The van der Waals surface area contributed by atoms with Crippen molar-refractivity contribution in [3.8, 4) is 0 Å². The van der Waals surface area contributed by atoms with Crippen molar-refractivity contribution >= 4 is 50.8 Å². The normalized spacial score (nSPS) is 15.5. The van der Waals surface area contributed by atoms with Crippen LogP contribution in [0.25, 0.3) is 0 Å². The smallest absolute Gasteiger partial charge is 0.269 e. The van der Waals surface area contributed by atoms with E-state index in [1.165, 1.54) is 35.2 Å². The third kappa shape index (κ3) is 4.48. The van der Waals surface area contributed by atoms with Crippen molar-refractivity contribution in [1.29, 1.82) is 0 Å². The fourth-order valence-corrected chi connectivity index (χ4v) is 7.43. The highest BCUT2D eigenvalue weighted by atomic mass is 32.2. The average Bonchev–Trinajstić information content (AvgIpc) is 3.19. The highest BCUT2D eigenvalue weighted by Gasteiger charge is 2.40. The van der Waals surface area contributed by atoms with Crippen LogP contribution in [-0.2, 0) is 10.0 Å². The van der Waals surface area contributed by atoms with Gasteiger partial charge in [0, 0.05) is 12.3 Å². The third-order valence-corrected chi connectivity index (χ3v) is 9.23. The van der Waals surface area contributed by atoms with Gasteiger partial charge in [-0.25, -0.2) is 12.7 Å². The van der Waals surface area contributed by atoms with Crippen LogP contribution >= 0.6 is 34.9 Å². The molecule has 0 bridgehead atoms. The summed E-state index contributed by atoms with van der Waals surface area (Å²) in [5.74, 6) is 0.431. The molecule has 7 nitrogen and oxygen atoms in total. The second kappa shape index (κ2) is 8.91. The number of nitrogens with zero attached hydrogens (tertiary/aromatic N) is 4. The van der Waals surface area contributed by atoms with Crippen LogP contribution in [0.3, 0.4) is 0 Å². The van der Waals surface area contributed by atoms with Gasteiger partial charge in [0.05, 0.1) is 11.4 Å². The van der Waals surface area contributed by atoms with E-state index in [0.717, 1.165) is 34.0 Å². The molecule has 1 aromatic heterocycles. The van der Waals surface area contributed by atoms with Crippen molar-refractivity contribution in [3.05, 3.63) is 29.8 Å². The minimum atomic E-state index is -3.78. The molecule has 1 aliphatic rings. The van der Waals surface area contributed by atoms with Crippen molar-refractivity contribution in [3.63, 3.8) is 0 Å². The molecule has 2 aromatic rings. The van der Waals surface area contributed by atoms with Crippen LogP contribution in [0.5, 0.6) is 0 Å². The molecule has 0 radical (unpaired) electrons. The predicted molar refractivity (Wildman–Crippen MR) is 109 cm³/mol. The Hall–Kier alpha value is -1.14. The number of hydrogen-bond acceptors (Lipinski definition) is 9. The number of carbonyl (C=O) groups is 1. The molecule has 0 unspecified atom stereocenters. The van der Waals surface area contributed by atoms with Gasteiger partial charge in [0.15, 0.2) is 8.68 Å². The zero-order chi connectivity index (χ0) is 19.4. The fourth-order valence-electron chi connectivity index (χ4n) is 2.59. The quantitative estimate of drug-likeness (QED) is 0.546. The fraction of sp³-hybridized carbons (Fsp3) is 0.438. The van der Waals surface area contributed by atoms with Gasteiger partial charge < -0.3 is 4.90 Å². The maximum absolute atomic E-state index is 12.5. The van der Waals surface area contributed by atoms with Crippen molar-refractivity contribution in [2.45, 2.75) is 27.4 Å². The van der Waals surface area contributed by atoms with Gasteiger partial charge in [0.25, 0.3) is 15.9 Å². The number of benzene rings is 1. The number of carbonyl (C=O) groups excluding carboxylic acids is 1. The molecule has 27 heavy (non-hydrogen) atoms. The molecule has 0 saturated carbocycles. The van der Waals surface area contributed by atoms with Crippen molar-refractivity contribution in [2.75, 3.05) is 31.3 Å². The van der Waals surface area contributed by atoms with Crippen molar-refractivity contribution < 1.29 is 13.2 Å². The van der Waals surface area contributed by atoms with Gasteiger partial charge in [-0.1, -0.05) is 60.8 Å². The van der Waals surface area contributed by atoms with Gasteiger partial charge in [-0.3, -0.25) is 4.79 Å². The lowest BCUT2D eigenvalue weighted by Gasteiger charge is -2.16. The monoisotopic (exact) mass is 444 g/mol. The molecule has 2 heterocycles. The van der Waals surface area contributed by atoms with Crippen LogP contribution in [0.4, 0.5) is 0 Å². The minimum Gasteiger partial charge on any atom is -0.303 e. The second-order valence-corrected chi connectivity index (χ2v) is 11.0. The Morgan fingerprint density at radius 2 is 1.78 bits per heavy atom. The third-order valence-electron chi connectivity index (χ3n) is 4.13. The number of aromatic nitrogens is 2. The van der Waals surface area contributed by atoms with E-state index in [9.17, 15) is 13.2 Å². The van der Waals surface area contributed by atoms with E-state index in [4.69, 9.17) is 0 Å². The standard InChI is InChI=1S/C16H20N4O3S4/c1-3-19(4-2)9-10-24-15-17-18-16(26-15)25-11-20-14(21)12-7-5-6-8-13(12)27(20,22)23/h5-8H,3-4,9-11H2,1-2H3. The largest absolute Gasteiger partial charge is 0.303 e. The second-order valence-electron chi connectivity index (χ2n) is 5.64. The summed E-state index contributed by atoms with van der Waals surface area (Å²) in [5, 5.41) is 8.25. The summed E-state index contributed by atoms with van der Waals surface area (Å²) in [7, 11) is -3.78. The molecule has 146 valence electrons. The highest BCUT2D eigenvalue weighted by Crippen LogP contribution is 2.34. The SMILES string of the molecule is CCN(CC)CCSc1nnc(SCN2C(=O)c3ccccc3S2(=O)=O)s1. The zero-order valence-corrected chi connectivity index (χ0v) is 18.3. The number of hydrogen-bond donors (Lipinski definition) is 0. The first-order valence-corrected chi connectivity index (χ1v) is 12.7. The number of amides is 1. The summed E-state index contributed by atoms with van der Waals surface area (Å²) in [4.78, 5) is 14.8. The Bertz CT molecular complexity index is 912. The molecule has 11 heteroatoms. The Morgan fingerprint density at radius 1 is 1.11 bits per heavy atom. The molecule has 0 fully saturated rings. The van der Waals surface area contributed by atoms with E-state index in [-0.39, 0.29) is 16.3 Å². The van der Waals surface area contributed by atoms with E-state index < -0.39 is 15.9 Å². The summed E-state index contributed by atoms with van der Waals surface area (Å²) < 4.78 is 27.5. The van der Waals surface area contributed by atoms with Gasteiger partial charge in [-0.15, -0.1) is 10.2 Å². The van der Waals surface area contributed by atoms with Gasteiger partial charge in [-0.05, 0) is 25.2 Å². The number of fused-ring (bicyclic) bond motifs is 1. The Labute approximate surface area is 171 Å². The molecule has 0 saturated heterocycles. The number of rotatable bonds is 9. The van der Waals surface area contributed by atoms with Crippen LogP contribution in [0.2, 0.25) is 0 Å². The van der Waals surface area contributed by atoms with Crippen LogP contribution in [0.1, 0.15) is 24.2 Å². The van der Waals surface area contributed by atoms with E-state index in [2.05, 4.69) is 28.9 Å². The summed E-state index contributed by atoms with van der Waals surface area (Å²) >= 11 is 4.27. The first-order valence-electron chi connectivity index (χ1n) is 8.45. The molecule has 1 aromatic carbocycles. The Balaban J connectivity index is 1.57. The van der Waals surface area contributed by atoms with Crippen molar-refractivity contribution in [2.24, 2.45) is 0 Å². The Kier molecular flexibility index (Phi) is 6.79. The van der Waals surface area contributed by atoms with E-state index >= 15 is 0 Å². The van der Waals surface area contributed by atoms with Crippen LogP contribution in [0.15, 0.2) is 37.8 Å². The molecule has 0 aliphatic carbocycles. The molecule has 1 aliphatic heterocycles. The maximum Gasteiger partial charge on any atom is 0.269 e. The van der Waals surface area contributed by atoms with E-state index in [1.54, 1.807) is 23.9 Å². The summed E-state index contributed by atoms with van der Waals surface area (Å²) in [6.07, 6.45) is 0. The van der Waals surface area contributed by atoms with Gasteiger partial charge >= 0.3 is 0 Å². The first-order chi connectivity index (χ1) is 13.0. The summed E-state index contributed by atoms with van der Waals surface area (Å²) in [6, 6.07) is 6.28. The Morgan fingerprint density at radius 3 is 2.44 bits per heavy atom. The number of thioether (sulfide) groups is 2. The van der Waals surface area contributed by atoms with Gasteiger partial charge in [0.2, 0.25) is 0 Å². The molecule has 1 amide bonds. The van der Waals surface area contributed by atoms with Crippen LogP contribution in [-0.4, -0.2) is 65.0 Å². The van der Waals surface area contributed by atoms with Crippen LogP contribution in [0, 0.1) is 0 Å². The topological polar surface area (TPSA) is 83.5 Å². The molecule has 0 spiro atoms. The molecule has 3 rings (SSSR count). The molecule has 0 atom stereocenters.